The van der Waals surface area contributed by atoms with Crippen LogP contribution in [-0.4, -0.2) is 13.1 Å². The van der Waals surface area contributed by atoms with E-state index < -0.39 is 0 Å². The van der Waals surface area contributed by atoms with Crippen LogP contribution in [0.25, 0.3) is 0 Å². The molecule has 0 spiro atoms. The topological polar surface area (TPSA) is 12.0 Å². The molecule has 0 fully saturated rings. The Labute approximate surface area is 81.2 Å². The molecule has 1 heteroatoms. The third kappa shape index (κ3) is 3.60. The number of hydrogen-bond acceptors (Lipinski definition) is 1. The quantitative estimate of drug-likeness (QED) is 0.745. The third-order valence-electron chi connectivity index (χ3n) is 2.44. The summed E-state index contributed by atoms with van der Waals surface area (Å²) in [7, 11) is 2.01. The average Bonchev–Trinajstić information content (AvgIpc) is 2.14. The summed E-state index contributed by atoms with van der Waals surface area (Å²) in [6.07, 6.45) is 2.38. The number of benzene rings is 1. The van der Waals surface area contributed by atoms with Crippen molar-refractivity contribution < 1.29 is 0 Å². The Kier molecular flexibility index (Phi) is 3.97. The van der Waals surface area contributed by atoms with Crippen molar-refractivity contribution in [1.29, 1.82) is 0 Å². The molecule has 13 heavy (non-hydrogen) atoms. The van der Waals surface area contributed by atoms with E-state index in [0.717, 1.165) is 0 Å². The number of rotatable bonds is 4. The molecule has 1 unspecified atom stereocenters. The lowest BCUT2D eigenvalue weighted by atomic mass is 10.0. The SMILES string of the molecule is CNC(C)CCc1cccc(C)c1. The lowest BCUT2D eigenvalue weighted by Gasteiger charge is -2.09. The smallest absolute Gasteiger partial charge is 0.00388 e. The second-order valence-corrected chi connectivity index (χ2v) is 3.72. The van der Waals surface area contributed by atoms with Crippen molar-refractivity contribution in [3.63, 3.8) is 0 Å². The lowest BCUT2D eigenvalue weighted by Crippen LogP contribution is -2.21. The van der Waals surface area contributed by atoms with Gasteiger partial charge in [-0.3, -0.25) is 0 Å². The van der Waals surface area contributed by atoms with Crippen molar-refractivity contribution in [2.24, 2.45) is 0 Å². The molecule has 1 atom stereocenters. The van der Waals surface area contributed by atoms with Gasteiger partial charge in [0, 0.05) is 6.04 Å². The van der Waals surface area contributed by atoms with Crippen LogP contribution in [0.1, 0.15) is 24.5 Å². The molecule has 1 rings (SSSR count). The predicted molar refractivity (Wildman–Crippen MR) is 58.0 cm³/mol. The summed E-state index contributed by atoms with van der Waals surface area (Å²) in [4.78, 5) is 0. The van der Waals surface area contributed by atoms with Gasteiger partial charge < -0.3 is 5.32 Å². The Morgan fingerprint density at radius 1 is 1.38 bits per heavy atom. The van der Waals surface area contributed by atoms with Gasteiger partial charge in [0.2, 0.25) is 0 Å². The van der Waals surface area contributed by atoms with Gasteiger partial charge in [0.1, 0.15) is 0 Å². The largest absolute Gasteiger partial charge is 0.317 e. The van der Waals surface area contributed by atoms with E-state index in [0.29, 0.717) is 6.04 Å². The average molecular weight is 177 g/mol. The lowest BCUT2D eigenvalue weighted by molar-refractivity contribution is 0.565. The molecule has 0 bridgehead atoms. The molecule has 0 amide bonds. The molecule has 0 radical (unpaired) electrons. The molecular weight excluding hydrogens is 158 g/mol. The van der Waals surface area contributed by atoms with Crippen LogP contribution in [0, 0.1) is 6.92 Å². The van der Waals surface area contributed by atoms with Gasteiger partial charge in [0.05, 0.1) is 0 Å². The maximum absolute atomic E-state index is 3.25. The van der Waals surface area contributed by atoms with Crippen molar-refractivity contribution in [2.45, 2.75) is 32.7 Å². The van der Waals surface area contributed by atoms with Gasteiger partial charge in [-0.15, -0.1) is 0 Å². The van der Waals surface area contributed by atoms with Gasteiger partial charge in [-0.1, -0.05) is 29.8 Å². The van der Waals surface area contributed by atoms with Crippen LogP contribution in [-0.2, 0) is 6.42 Å². The standard InChI is InChI=1S/C12H19N/c1-10-5-4-6-12(9-10)8-7-11(2)13-3/h4-6,9,11,13H,7-8H2,1-3H3. The van der Waals surface area contributed by atoms with E-state index >= 15 is 0 Å². The summed E-state index contributed by atoms with van der Waals surface area (Å²) >= 11 is 0. The Morgan fingerprint density at radius 2 is 2.15 bits per heavy atom. The molecule has 0 saturated heterocycles. The van der Waals surface area contributed by atoms with E-state index in [1.807, 2.05) is 7.05 Å². The molecule has 0 aromatic heterocycles. The second-order valence-electron chi connectivity index (χ2n) is 3.72. The van der Waals surface area contributed by atoms with Gasteiger partial charge in [-0.05, 0) is 39.3 Å². The van der Waals surface area contributed by atoms with Crippen LogP contribution in [0.15, 0.2) is 24.3 Å². The van der Waals surface area contributed by atoms with E-state index in [1.54, 1.807) is 0 Å². The van der Waals surface area contributed by atoms with Gasteiger partial charge >= 0.3 is 0 Å². The summed E-state index contributed by atoms with van der Waals surface area (Å²) < 4.78 is 0. The zero-order valence-corrected chi connectivity index (χ0v) is 8.80. The fourth-order valence-corrected chi connectivity index (χ4v) is 1.40. The number of nitrogens with one attached hydrogen (secondary N) is 1. The van der Waals surface area contributed by atoms with E-state index in [9.17, 15) is 0 Å². The molecule has 1 aromatic rings. The first-order valence-corrected chi connectivity index (χ1v) is 4.95. The Bertz CT molecular complexity index is 255. The Morgan fingerprint density at radius 3 is 2.77 bits per heavy atom. The van der Waals surface area contributed by atoms with Crippen molar-refractivity contribution in [1.82, 2.24) is 5.32 Å². The van der Waals surface area contributed by atoms with Crippen molar-refractivity contribution in [2.75, 3.05) is 7.05 Å². The molecule has 72 valence electrons. The van der Waals surface area contributed by atoms with Gasteiger partial charge in [-0.2, -0.15) is 0 Å². The highest BCUT2D eigenvalue weighted by Gasteiger charge is 1.98. The van der Waals surface area contributed by atoms with Crippen LogP contribution >= 0.6 is 0 Å². The first-order chi connectivity index (χ1) is 6.22. The summed E-state index contributed by atoms with van der Waals surface area (Å²) in [5.41, 5.74) is 2.80. The minimum atomic E-state index is 0.612. The molecule has 0 heterocycles. The maximum atomic E-state index is 3.25. The highest BCUT2D eigenvalue weighted by atomic mass is 14.8. The maximum Gasteiger partial charge on any atom is 0.00388 e. The molecule has 0 aliphatic rings. The first-order valence-electron chi connectivity index (χ1n) is 4.95. The fourth-order valence-electron chi connectivity index (χ4n) is 1.40. The van der Waals surface area contributed by atoms with E-state index in [2.05, 4.69) is 43.4 Å². The molecule has 0 saturated carbocycles. The van der Waals surface area contributed by atoms with Crippen LogP contribution in [0.3, 0.4) is 0 Å². The molecule has 1 nitrogen and oxygen atoms in total. The summed E-state index contributed by atoms with van der Waals surface area (Å²) in [5, 5.41) is 3.25. The molecule has 1 N–H and O–H groups in total. The van der Waals surface area contributed by atoms with Crippen molar-refractivity contribution >= 4 is 0 Å². The monoisotopic (exact) mass is 177 g/mol. The normalized spacial score (nSPS) is 12.8. The van der Waals surface area contributed by atoms with Gasteiger partial charge in [0.25, 0.3) is 0 Å². The van der Waals surface area contributed by atoms with Crippen molar-refractivity contribution in [3.05, 3.63) is 35.4 Å². The Hall–Kier alpha value is -0.820. The summed E-state index contributed by atoms with van der Waals surface area (Å²) in [5.74, 6) is 0. The van der Waals surface area contributed by atoms with Crippen molar-refractivity contribution in [3.8, 4) is 0 Å². The number of aryl methyl sites for hydroxylation is 2. The minimum Gasteiger partial charge on any atom is -0.317 e. The molecular formula is C12H19N. The first kappa shape index (κ1) is 10.3. The van der Waals surface area contributed by atoms with E-state index in [-0.39, 0.29) is 0 Å². The molecule has 0 aliphatic heterocycles. The summed E-state index contributed by atoms with van der Waals surface area (Å²) in [6, 6.07) is 9.36. The minimum absolute atomic E-state index is 0.612. The van der Waals surface area contributed by atoms with Crippen LogP contribution in [0.2, 0.25) is 0 Å². The Balaban J connectivity index is 2.45. The third-order valence-corrected chi connectivity index (χ3v) is 2.44. The van der Waals surface area contributed by atoms with Crippen LogP contribution < -0.4 is 5.32 Å². The van der Waals surface area contributed by atoms with Crippen LogP contribution in [0.4, 0.5) is 0 Å². The fraction of sp³-hybridized carbons (Fsp3) is 0.500. The molecule has 0 aliphatic carbocycles. The van der Waals surface area contributed by atoms with Gasteiger partial charge in [0.15, 0.2) is 0 Å². The zero-order chi connectivity index (χ0) is 9.68. The second kappa shape index (κ2) is 5.03. The summed E-state index contributed by atoms with van der Waals surface area (Å²) in [6.45, 7) is 4.36. The number of hydrogen-bond donors (Lipinski definition) is 1. The predicted octanol–water partition coefficient (Wildman–Crippen LogP) is 2.54. The van der Waals surface area contributed by atoms with E-state index in [4.69, 9.17) is 0 Å². The molecule has 1 aromatic carbocycles. The van der Waals surface area contributed by atoms with Crippen LogP contribution in [0.5, 0.6) is 0 Å². The highest BCUT2D eigenvalue weighted by molar-refractivity contribution is 5.22. The highest BCUT2D eigenvalue weighted by Crippen LogP contribution is 2.07. The van der Waals surface area contributed by atoms with Gasteiger partial charge in [-0.25, -0.2) is 0 Å². The zero-order valence-electron chi connectivity index (χ0n) is 8.80. The van der Waals surface area contributed by atoms with E-state index in [1.165, 1.54) is 24.0 Å².